The van der Waals surface area contributed by atoms with Crippen molar-refractivity contribution in [3.05, 3.63) is 47.0 Å². The Morgan fingerprint density at radius 2 is 2.00 bits per heavy atom. The summed E-state index contributed by atoms with van der Waals surface area (Å²) in [4.78, 5) is 15.7. The van der Waals surface area contributed by atoms with Gasteiger partial charge in [0.15, 0.2) is 29.3 Å². The average Bonchev–Trinajstić information content (AvgIpc) is 3.56. The maximum atomic E-state index is 14.1. The van der Waals surface area contributed by atoms with Gasteiger partial charge in [-0.15, -0.1) is 0 Å². The van der Waals surface area contributed by atoms with Crippen molar-refractivity contribution in [3.8, 4) is 34.5 Å². The molecule has 2 aromatic rings. The van der Waals surface area contributed by atoms with Crippen LogP contribution >= 0.6 is 0 Å². The number of hydrogen-bond donors (Lipinski definition) is 4. The first-order valence-corrected chi connectivity index (χ1v) is 12.4. The summed E-state index contributed by atoms with van der Waals surface area (Å²) in [6, 6.07) is 1.13. The molecule has 11 heteroatoms. The van der Waals surface area contributed by atoms with Gasteiger partial charge in [-0.05, 0) is 38.1 Å². The van der Waals surface area contributed by atoms with Gasteiger partial charge in [0.25, 0.3) is 0 Å². The molecule has 0 saturated carbocycles. The third kappa shape index (κ3) is 3.15. The van der Waals surface area contributed by atoms with E-state index in [4.69, 9.17) is 23.7 Å². The molecule has 38 heavy (non-hydrogen) atoms. The summed E-state index contributed by atoms with van der Waals surface area (Å²) in [5, 5.41) is 34.3. The van der Waals surface area contributed by atoms with Crippen LogP contribution in [0.4, 0.5) is 0 Å². The summed E-state index contributed by atoms with van der Waals surface area (Å²) in [7, 11) is 3.01. The number of ether oxygens (including phenoxy) is 5. The zero-order valence-corrected chi connectivity index (χ0v) is 21.3. The van der Waals surface area contributed by atoms with Gasteiger partial charge >= 0.3 is 0 Å². The minimum absolute atomic E-state index is 0.0351. The van der Waals surface area contributed by atoms with Crippen molar-refractivity contribution in [1.29, 1.82) is 0 Å². The van der Waals surface area contributed by atoms with Crippen molar-refractivity contribution in [2.45, 2.75) is 49.8 Å². The Morgan fingerprint density at radius 3 is 2.63 bits per heavy atom. The molecule has 1 amide bonds. The fraction of sp³-hybridized carbons (Fsp3) is 0.444. The molecule has 0 aromatic heterocycles. The van der Waals surface area contributed by atoms with E-state index in [1.54, 1.807) is 18.0 Å². The highest BCUT2D eigenvalue weighted by molar-refractivity contribution is 5.86. The molecular formula is C27H30N2O9. The summed E-state index contributed by atoms with van der Waals surface area (Å²) in [5.41, 5.74) is 1.93. The van der Waals surface area contributed by atoms with E-state index in [2.05, 4.69) is 11.9 Å². The Bertz CT molecular complexity index is 1320. The van der Waals surface area contributed by atoms with Crippen LogP contribution in [0.5, 0.6) is 34.5 Å². The normalized spacial score (nSPS) is 26.4. The smallest absolute Gasteiger partial charge is 0.241 e. The number of likely N-dealkylation sites (N-methyl/N-ethyl adjacent to an activating group) is 1. The Kier molecular flexibility index (Phi) is 5.64. The molecule has 4 aliphatic rings. The van der Waals surface area contributed by atoms with E-state index in [9.17, 15) is 20.1 Å². The largest absolute Gasteiger partial charge is 0.504 e. The molecule has 1 aliphatic carbocycles. The van der Waals surface area contributed by atoms with Gasteiger partial charge in [-0.1, -0.05) is 12.7 Å². The quantitative estimate of drug-likeness (QED) is 0.376. The highest BCUT2D eigenvalue weighted by atomic mass is 16.7. The molecule has 6 rings (SSSR count). The molecule has 11 nitrogen and oxygen atoms in total. The second kappa shape index (κ2) is 8.69. The van der Waals surface area contributed by atoms with E-state index < -0.39 is 30.0 Å². The van der Waals surface area contributed by atoms with Crippen molar-refractivity contribution >= 4 is 5.91 Å². The minimum atomic E-state index is -1.17. The van der Waals surface area contributed by atoms with Crippen LogP contribution in [0.15, 0.2) is 24.8 Å². The third-order valence-corrected chi connectivity index (χ3v) is 8.00. The van der Waals surface area contributed by atoms with Gasteiger partial charge in [0.2, 0.25) is 18.4 Å². The SMILES string of the molecule is C=CCOc1c(C)c2c(c3c1[C@@]14C[C@@H]3N(C(=O)[C@H](Cc3cc(O)c(OC)c(O)c3)NC)[C@@H]1C(O)O4)OCO2. The first-order valence-electron chi connectivity index (χ1n) is 12.4. The van der Waals surface area contributed by atoms with Crippen LogP contribution in [0, 0.1) is 6.92 Å². The van der Waals surface area contributed by atoms with E-state index in [0.29, 0.717) is 29.2 Å². The third-order valence-electron chi connectivity index (χ3n) is 8.00. The molecule has 202 valence electrons. The number of aromatic hydroxyl groups is 2. The predicted molar refractivity (Wildman–Crippen MR) is 133 cm³/mol. The van der Waals surface area contributed by atoms with E-state index in [1.807, 2.05) is 6.92 Å². The van der Waals surface area contributed by atoms with Gasteiger partial charge in [-0.3, -0.25) is 4.79 Å². The van der Waals surface area contributed by atoms with Gasteiger partial charge in [0.1, 0.15) is 24.0 Å². The van der Waals surface area contributed by atoms with Crippen molar-refractivity contribution < 1.29 is 43.8 Å². The van der Waals surface area contributed by atoms with Gasteiger partial charge in [-0.25, -0.2) is 0 Å². The molecule has 2 aromatic carbocycles. The first kappa shape index (κ1) is 24.7. The Hall–Kier alpha value is -3.67. The number of carbonyl (C=O) groups is 1. The minimum Gasteiger partial charge on any atom is -0.504 e. The number of benzene rings is 2. The molecule has 2 saturated heterocycles. The van der Waals surface area contributed by atoms with Crippen molar-refractivity contribution in [2.75, 3.05) is 27.6 Å². The Morgan fingerprint density at radius 1 is 1.29 bits per heavy atom. The second-order valence-corrected chi connectivity index (χ2v) is 9.93. The number of carbonyl (C=O) groups excluding carboxylic acids is 1. The first-order chi connectivity index (χ1) is 18.3. The number of rotatable bonds is 8. The number of aliphatic hydroxyl groups is 1. The van der Waals surface area contributed by atoms with Gasteiger partial charge in [-0.2, -0.15) is 0 Å². The highest BCUT2D eigenvalue weighted by Crippen LogP contribution is 2.70. The molecule has 0 radical (unpaired) electrons. The molecule has 2 fully saturated rings. The molecule has 2 bridgehead atoms. The fourth-order valence-corrected chi connectivity index (χ4v) is 6.51. The lowest BCUT2D eigenvalue weighted by Gasteiger charge is -2.53. The van der Waals surface area contributed by atoms with Crippen molar-refractivity contribution in [1.82, 2.24) is 10.2 Å². The number of fused-ring (bicyclic) bond motifs is 5. The van der Waals surface area contributed by atoms with Crippen LogP contribution in [0.25, 0.3) is 0 Å². The summed E-state index contributed by atoms with van der Waals surface area (Å²) >= 11 is 0. The van der Waals surface area contributed by atoms with Crippen LogP contribution in [-0.2, 0) is 21.6 Å². The maximum absolute atomic E-state index is 14.1. The van der Waals surface area contributed by atoms with Crippen LogP contribution in [0.2, 0.25) is 0 Å². The molecule has 1 unspecified atom stereocenters. The summed E-state index contributed by atoms with van der Waals surface area (Å²) in [5.74, 6) is 1.00. The van der Waals surface area contributed by atoms with Gasteiger partial charge in [0, 0.05) is 23.1 Å². The number of phenolic OH excluding ortho intramolecular Hbond substituents is 2. The number of hydrogen-bond acceptors (Lipinski definition) is 10. The van der Waals surface area contributed by atoms with E-state index in [1.165, 1.54) is 19.2 Å². The topological polar surface area (TPSA) is 139 Å². The summed E-state index contributed by atoms with van der Waals surface area (Å²) < 4.78 is 28.8. The van der Waals surface area contributed by atoms with E-state index in [0.717, 1.165) is 16.7 Å². The van der Waals surface area contributed by atoms with Gasteiger partial charge in [0.05, 0.1) is 19.2 Å². The number of phenols is 2. The van der Waals surface area contributed by atoms with Crippen LogP contribution in [-0.4, -0.2) is 72.1 Å². The van der Waals surface area contributed by atoms with Crippen molar-refractivity contribution in [2.24, 2.45) is 0 Å². The zero-order chi connectivity index (χ0) is 26.9. The monoisotopic (exact) mass is 526 g/mol. The summed E-state index contributed by atoms with van der Waals surface area (Å²) in [6.07, 6.45) is 1.10. The van der Waals surface area contributed by atoms with Crippen LogP contribution in [0.3, 0.4) is 0 Å². The lowest BCUT2D eigenvalue weighted by molar-refractivity contribution is -0.323. The average molecular weight is 527 g/mol. The van der Waals surface area contributed by atoms with E-state index >= 15 is 0 Å². The number of methoxy groups -OCH3 is 1. The number of aliphatic hydroxyl groups excluding tert-OH is 1. The van der Waals surface area contributed by atoms with Crippen molar-refractivity contribution in [3.63, 3.8) is 0 Å². The number of nitrogens with one attached hydrogen (secondary N) is 1. The molecule has 5 atom stereocenters. The molecule has 3 aliphatic heterocycles. The molecular weight excluding hydrogens is 496 g/mol. The predicted octanol–water partition coefficient (Wildman–Crippen LogP) is 1.74. The zero-order valence-electron chi connectivity index (χ0n) is 21.3. The molecule has 4 N–H and O–H groups in total. The lowest BCUT2D eigenvalue weighted by atomic mass is 9.80. The van der Waals surface area contributed by atoms with Crippen LogP contribution in [0.1, 0.15) is 34.7 Å². The number of nitrogens with zero attached hydrogens (tertiary/aromatic N) is 1. The Labute approximate surface area is 219 Å². The summed E-state index contributed by atoms with van der Waals surface area (Å²) in [6.45, 7) is 5.96. The number of amides is 1. The fourth-order valence-electron chi connectivity index (χ4n) is 6.51. The number of likely N-dealkylation sites (tertiary alicyclic amines) is 1. The lowest BCUT2D eigenvalue weighted by Crippen LogP contribution is -2.67. The highest BCUT2D eigenvalue weighted by Gasteiger charge is 2.74. The second-order valence-electron chi connectivity index (χ2n) is 9.93. The Balaban J connectivity index is 1.39. The maximum Gasteiger partial charge on any atom is 0.241 e. The van der Waals surface area contributed by atoms with E-state index in [-0.39, 0.29) is 43.0 Å². The molecule has 1 spiro atoms. The standard InChI is InChI=1S/C27H30N2O9/c1-5-6-35-20-12(2)21-23(37-11-36-21)18-15-10-27(19(18)20)24(26(33)38-27)29(15)25(32)14(28-3)7-13-8-16(30)22(34-4)17(31)9-13/h5,8-9,14-15,24,26,28,30-31,33H,1,6-7,10-11H2,2-4H3/t14-,15-,24+,26?,27-/m0/s1. The van der Waals surface area contributed by atoms with Gasteiger partial charge < -0.3 is 49.2 Å². The molecule has 3 heterocycles. The van der Waals surface area contributed by atoms with Crippen LogP contribution < -0.4 is 24.3 Å².